The highest BCUT2D eigenvalue weighted by Crippen LogP contribution is 2.31. The fraction of sp³-hybridized carbons (Fsp3) is 0.714. The van der Waals surface area contributed by atoms with E-state index in [0.29, 0.717) is 5.82 Å². The molecule has 0 aliphatic heterocycles. The number of aromatic nitrogens is 2. The molecule has 19 heavy (non-hydrogen) atoms. The zero-order valence-corrected chi connectivity index (χ0v) is 11.8. The van der Waals surface area contributed by atoms with E-state index in [-0.39, 0.29) is 18.1 Å². The van der Waals surface area contributed by atoms with Crippen molar-refractivity contribution in [1.29, 1.82) is 0 Å². The molecule has 0 bridgehead atoms. The van der Waals surface area contributed by atoms with Crippen molar-refractivity contribution in [1.82, 2.24) is 9.97 Å². The summed E-state index contributed by atoms with van der Waals surface area (Å²) in [7, 11) is 0. The van der Waals surface area contributed by atoms with Gasteiger partial charge < -0.3 is 16.2 Å². The summed E-state index contributed by atoms with van der Waals surface area (Å²) < 4.78 is 0. The quantitative estimate of drug-likeness (QED) is 0.777. The number of nitrogens with zero attached hydrogens (tertiary/aromatic N) is 2. The summed E-state index contributed by atoms with van der Waals surface area (Å²) in [6.45, 7) is 4.22. The predicted molar refractivity (Wildman–Crippen MR) is 77.1 cm³/mol. The first kappa shape index (κ1) is 14.1. The van der Waals surface area contributed by atoms with E-state index in [1.165, 1.54) is 6.42 Å². The summed E-state index contributed by atoms with van der Waals surface area (Å²) in [6.07, 6.45) is 5.48. The fourth-order valence-electron chi connectivity index (χ4n) is 2.63. The van der Waals surface area contributed by atoms with Crippen LogP contribution in [0.2, 0.25) is 0 Å². The minimum Gasteiger partial charge on any atom is -0.394 e. The molecule has 0 saturated heterocycles. The SMILES string of the molecule is CC(C)c1nc(N)cc(NC2(CO)CCCCC2)n1. The monoisotopic (exact) mass is 264 g/mol. The number of rotatable bonds is 4. The van der Waals surface area contributed by atoms with E-state index in [1.807, 2.05) is 13.8 Å². The van der Waals surface area contributed by atoms with Gasteiger partial charge in [0.05, 0.1) is 12.1 Å². The van der Waals surface area contributed by atoms with E-state index in [4.69, 9.17) is 5.73 Å². The van der Waals surface area contributed by atoms with Gasteiger partial charge in [0.15, 0.2) is 0 Å². The van der Waals surface area contributed by atoms with Gasteiger partial charge in [-0.25, -0.2) is 9.97 Å². The van der Waals surface area contributed by atoms with Gasteiger partial charge in [0.2, 0.25) is 0 Å². The van der Waals surface area contributed by atoms with Crippen LogP contribution >= 0.6 is 0 Å². The van der Waals surface area contributed by atoms with Crippen LogP contribution in [0.4, 0.5) is 11.6 Å². The molecular formula is C14H24N4O. The molecule has 5 nitrogen and oxygen atoms in total. The second-order valence-corrected chi connectivity index (χ2v) is 5.82. The Balaban J connectivity index is 2.21. The molecule has 0 amide bonds. The molecule has 106 valence electrons. The van der Waals surface area contributed by atoms with Crippen molar-refractivity contribution in [2.45, 2.75) is 57.4 Å². The zero-order chi connectivity index (χ0) is 13.9. The third-order valence-electron chi connectivity index (χ3n) is 3.79. The van der Waals surface area contributed by atoms with Crippen LogP contribution in [0.5, 0.6) is 0 Å². The lowest BCUT2D eigenvalue weighted by molar-refractivity contribution is 0.172. The first-order valence-corrected chi connectivity index (χ1v) is 7.08. The highest BCUT2D eigenvalue weighted by atomic mass is 16.3. The molecule has 4 N–H and O–H groups in total. The Morgan fingerprint density at radius 2 is 2.00 bits per heavy atom. The van der Waals surface area contributed by atoms with Gasteiger partial charge in [-0.15, -0.1) is 0 Å². The molecule has 0 aromatic carbocycles. The molecule has 1 aromatic heterocycles. The maximum Gasteiger partial charge on any atom is 0.135 e. The van der Waals surface area contributed by atoms with Crippen LogP contribution < -0.4 is 11.1 Å². The molecular weight excluding hydrogens is 240 g/mol. The smallest absolute Gasteiger partial charge is 0.135 e. The number of hydrogen-bond donors (Lipinski definition) is 3. The molecule has 1 aliphatic rings. The zero-order valence-electron chi connectivity index (χ0n) is 11.8. The largest absolute Gasteiger partial charge is 0.394 e. The van der Waals surface area contributed by atoms with Crippen molar-refractivity contribution >= 4 is 11.6 Å². The molecule has 1 heterocycles. The fourth-order valence-corrected chi connectivity index (χ4v) is 2.63. The number of anilines is 2. The molecule has 1 aliphatic carbocycles. The van der Waals surface area contributed by atoms with Crippen LogP contribution in [0.1, 0.15) is 57.7 Å². The van der Waals surface area contributed by atoms with Crippen molar-refractivity contribution in [3.05, 3.63) is 11.9 Å². The maximum absolute atomic E-state index is 9.71. The molecule has 1 saturated carbocycles. The van der Waals surface area contributed by atoms with Gasteiger partial charge in [-0.05, 0) is 12.8 Å². The van der Waals surface area contributed by atoms with E-state index < -0.39 is 0 Å². The minimum absolute atomic E-state index is 0.133. The third-order valence-corrected chi connectivity index (χ3v) is 3.79. The van der Waals surface area contributed by atoms with Crippen LogP contribution in [0, 0.1) is 0 Å². The van der Waals surface area contributed by atoms with Gasteiger partial charge in [0.1, 0.15) is 17.5 Å². The Bertz CT molecular complexity index is 427. The summed E-state index contributed by atoms with van der Waals surface area (Å²) >= 11 is 0. The molecule has 0 unspecified atom stereocenters. The van der Waals surface area contributed by atoms with Gasteiger partial charge in [-0.3, -0.25) is 0 Å². The summed E-state index contributed by atoms with van der Waals surface area (Å²) in [6, 6.07) is 1.75. The van der Waals surface area contributed by atoms with Crippen LogP contribution in [-0.2, 0) is 0 Å². The molecule has 5 heteroatoms. The Morgan fingerprint density at radius 3 is 2.58 bits per heavy atom. The number of aliphatic hydroxyl groups is 1. The Kier molecular flexibility index (Phi) is 4.24. The van der Waals surface area contributed by atoms with Gasteiger partial charge in [-0.2, -0.15) is 0 Å². The van der Waals surface area contributed by atoms with Gasteiger partial charge in [0.25, 0.3) is 0 Å². The van der Waals surface area contributed by atoms with Gasteiger partial charge >= 0.3 is 0 Å². The molecule has 0 atom stereocenters. The van der Waals surface area contributed by atoms with E-state index in [0.717, 1.165) is 37.3 Å². The first-order valence-electron chi connectivity index (χ1n) is 7.08. The first-order chi connectivity index (χ1) is 9.04. The molecule has 2 rings (SSSR count). The Morgan fingerprint density at radius 1 is 1.32 bits per heavy atom. The van der Waals surface area contributed by atoms with Crippen LogP contribution in [0.3, 0.4) is 0 Å². The van der Waals surface area contributed by atoms with Crippen molar-refractivity contribution < 1.29 is 5.11 Å². The summed E-state index contributed by atoms with van der Waals surface area (Å²) in [5, 5.41) is 13.1. The molecule has 0 spiro atoms. The van der Waals surface area contributed by atoms with E-state index >= 15 is 0 Å². The van der Waals surface area contributed by atoms with Gasteiger partial charge in [-0.1, -0.05) is 33.1 Å². The third kappa shape index (κ3) is 3.35. The second kappa shape index (κ2) is 5.74. The van der Waals surface area contributed by atoms with Crippen molar-refractivity contribution in [2.75, 3.05) is 17.7 Å². The number of nitrogens with two attached hydrogens (primary N) is 1. The maximum atomic E-state index is 9.71. The average Bonchev–Trinajstić information content (AvgIpc) is 2.39. The lowest BCUT2D eigenvalue weighted by atomic mass is 9.82. The highest BCUT2D eigenvalue weighted by molar-refractivity contribution is 5.47. The number of nitrogens with one attached hydrogen (secondary N) is 1. The van der Waals surface area contributed by atoms with Gasteiger partial charge in [0, 0.05) is 12.0 Å². The van der Waals surface area contributed by atoms with Crippen molar-refractivity contribution in [3.63, 3.8) is 0 Å². The minimum atomic E-state index is -0.243. The number of aliphatic hydroxyl groups excluding tert-OH is 1. The number of nitrogen functional groups attached to an aromatic ring is 1. The summed E-state index contributed by atoms with van der Waals surface area (Å²) in [4.78, 5) is 8.75. The molecule has 1 aromatic rings. The van der Waals surface area contributed by atoms with Crippen molar-refractivity contribution in [2.24, 2.45) is 0 Å². The summed E-state index contributed by atoms with van der Waals surface area (Å²) in [5.74, 6) is 2.18. The second-order valence-electron chi connectivity index (χ2n) is 5.82. The predicted octanol–water partition coefficient (Wildman–Crippen LogP) is 2.29. The number of hydrogen-bond acceptors (Lipinski definition) is 5. The Labute approximate surface area is 114 Å². The standard InChI is InChI=1S/C14H24N4O/c1-10(2)13-16-11(15)8-12(17-13)18-14(9-19)6-4-3-5-7-14/h8,10,19H,3-7,9H2,1-2H3,(H3,15,16,17,18). The topological polar surface area (TPSA) is 84.1 Å². The van der Waals surface area contributed by atoms with Crippen LogP contribution in [0.15, 0.2) is 6.07 Å². The Hall–Kier alpha value is -1.36. The average molecular weight is 264 g/mol. The van der Waals surface area contributed by atoms with Crippen LogP contribution in [-0.4, -0.2) is 27.2 Å². The van der Waals surface area contributed by atoms with Crippen LogP contribution in [0.25, 0.3) is 0 Å². The summed E-state index contributed by atoms with van der Waals surface area (Å²) in [5.41, 5.74) is 5.59. The lowest BCUT2D eigenvalue weighted by Crippen LogP contribution is -2.44. The highest BCUT2D eigenvalue weighted by Gasteiger charge is 2.31. The normalized spacial score (nSPS) is 18.5. The van der Waals surface area contributed by atoms with E-state index in [9.17, 15) is 5.11 Å². The van der Waals surface area contributed by atoms with E-state index in [1.54, 1.807) is 6.07 Å². The molecule has 1 fully saturated rings. The van der Waals surface area contributed by atoms with E-state index in [2.05, 4.69) is 15.3 Å². The van der Waals surface area contributed by atoms with Crippen molar-refractivity contribution in [3.8, 4) is 0 Å². The molecule has 0 radical (unpaired) electrons. The lowest BCUT2D eigenvalue weighted by Gasteiger charge is -2.37.